The lowest BCUT2D eigenvalue weighted by Crippen LogP contribution is -2.45. The summed E-state index contributed by atoms with van der Waals surface area (Å²) in [6.07, 6.45) is 6.29. The lowest BCUT2D eigenvalue weighted by molar-refractivity contribution is -0.121. The number of tetrazole rings is 1. The molecule has 2 heterocycles. The fourth-order valence-corrected chi connectivity index (χ4v) is 4.25. The third-order valence-electron chi connectivity index (χ3n) is 5.83. The number of hydrogen-bond donors (Lipinski definition) is 2. The van der Waals surface area contributed by atoms with Gasteiger partial charge < -0.3 is 15.2 Å². The molecule has 1 aliphatic rings. The molecule has 0 saturated heterocycles. The van der Waals surface area contributed by atoms with E-state index in [9.17, 15) is 9.59 Å². The molecule has 0 aliphatic heterocycles. The molecule has 1 saturated carbocycles. The maximum Gasteiger partial charge on any atom is 0.227 e. The van der Waals surface area contributed by atoms with Gasteiger partial charge in [0.05, 0.1) is 5.69 Å². The van der Waals surface area contributed by atoms with E-state index in [1.807, 2.05) is 12.1 Å². The van der Waals surface area contributed by atoms with Crippen LogP contribution in [0.5, 0.6) is 0 Å². The van der Waals surface area contributed by atoms with Gasteiger partial charge in [-0.05, 0) is 48.4 Å². The summed E-state index contributed by atoms with van der Waals surface area (Å²) in [4.78, 5) is 28.9. The van der Waals surface area contributed by atoms with E-state index in [4.69, 9.17) is 4.52 Å². The number of nitrogens with zero attached hydrogens (tertiary/aromatic N) is 6. The number of aryl methyl sites for hydroxylation is 2. The van der Waals surface area contributed by atoms with Gasteiger partial charge >= 0.3 is 0 Å². The van der Waals surface area contributed by atoms with Gasteiger partial charge in [0.25, 0.3) is 0 Å². The van der Waals surface area contributed by atoms with E-state index in [-0.39, 0.29) is 18.2 Å². The molecule has 0 atom stereocenters. The fraction of sp³-hybridized carbons (Fsp3) is 0.500. The molecule has 2 aromatic heterocycles. The van der Waals surface area contributed by atoms with Crippen LogP contribution in [-0.2, 0) is 21.5 Å². The van der Waals surface area contributed by atoms with Crippen LogP contribution in [0.25, 0.3) is 5.69 Å². The van der Waals surface area contributed by atoms with Crippen LogP contribution in [0, 0.1) is 6.92 Å². The first-order valence-electron chi connectivity index (χ1n) is 11.2. The van der Waals surface area contributed by atoms with E-state index in [2.05, 4.69) is 36.3 Å². The van der Waals surface area contributed by atoms with Crippen LogP contribution in [0.3, 0.4) is 0 Å². The minimum atomic E-state index is -0.596. The zero-order chi connectivity index (χ0) is 23.3. The fourth-order valence-electron chi connectivity index (χ4n) is 4.25. The SMILES string of the molecule is CC(=O)NC1(c2noc(CCC(=O)Nc3cccc(-n4nnnc4C)c3)n2)CCCCCC1. The van der Waals surface area contributed by atoms with Crippen molar-refractivity contribution in [2.75, 3.05) is 5.32 Å². The van der Waals surface area contributed by atoms with Crippen molar-refractivity contribution in [1.82, 2.24) is 35.7 Å². The van der Waals surface area contributed by atoms with Gasteiger partial charge in [-0.25, -0.2) is 0 Å². The van der Waals surface area contributed by atoms with Crippen LogP contribution in [0.1, 0.15) is 69.4 Å². The summed E-state index contributed by atoms with van der Waals surface area (Å²) in [5, 5.41) is 21.6. The maximum absolute atomic E-state index is 12.5. The van der Waals surface area contributed by atoms with Gasteiger partial charge in [0.2, 0.25) is 17.7 Å². The van der Waals surface area contributed by atoms with Gasteiger partial charge in [-0.2, -0.15) is 9.67 Å². The quantitative estimate of drug-likeness (QED) is 0.521. The number of nitrogens with one attached hydrogen (secondary N) is 2. The van der Waals surface area contributed by atoms with Crippen molar-refractivity contribution >= 4 is 17.5 Å². The summed E-state index contributed by atoms with van der Waals surface area (Å²) in [6, 6.07) is 7.28. The second kappa shape index (κ2) is 9.88. The van der Waals surface area contributed by atoms with Gasteiger partial charge in [-0.3, -0.25) is 9.59 Å². The summed E-state index contributed by atoms with van der Waals surface area (Å²) >= 11 is 0. The Bertz CT molecular complexity index is 1110. The Morgan fingerprint density at radius 1 is 1.18 bits per heavy atom. The number of aromatic nitrogens is 6. The first-order chi connectivity index (χ1) is 15.9. The van der Waals surface area contributed by atoms with Crippen LogP contribution in [-0.4, -0.2) is 42.2 Å². The molecule has 2 amide bonds. The Morgan fingerprint density at radius 2 is 1.97 bits per heavy atom. The highest BCUT2D eigenvalue weighted by molar-refractivity contribution is 5.91. The van der Waals surface area contributed by atoms with E-state index in [1.54, 1.807) is 23.7 Å². The number of amides is 2. The van der Waals surface area contributed by atoms with Crippen LogP contribution >= 0.6 is 0 Å². The van der Waals surface area contributed by atoms with Gasteiger partial charge in [-0.15, -0.1) is 5.10 Å². The summed E-state index contributed by atoms with van der Waals surface area (Å²) in [5.74, 6) is 1.25. The second-order valence-corrected chi connectivity index (χ2v) is 8.43. The predicted molar refractivity (Wildman–Crippen MR) is 118 cm³/mol. The van der Waals surface area contributed by atoms with Crippen molar-refractivity contribution in [3.05, 3.63) is 41.8 Å². The number of carbonyl (C=O) groups is 2. The summed E-state index contributed by atoms with van der Waals surface area (Å²) in [6.45, 7) is 3.31. The number of hydrogen-bond acceptors (Lipinski definition) is 8. The van der Waals surface area contributed by atoms with E-state index in [1.165, 1.54) is 6.92 Å². The molecule has 0 unspecified atom stereocenters. The van der Waals surface area contributed by atoms with Gasteiger partial charge in [0.1, 0.15) is 5.54 Å². The molecule has 33 heavy (non-hydrogen) atoms. The molecule has 0 spiro atoms. The summed E-state index contributed by atoms with van der Waals surface area (Å²) < 4.78 is 7.02. The third kappa shape index (κ3) is 5.41. The van der Waals surface area contributed by atoms with Crippen LogP contribution in [0.2, 0.25) is 0 Å². The first kappa shape index (κ1) is 22.6. The second-order valence-electron chi connectivity index (χ2n) is 8.43. The minimum absolute atomic E-state index is 0.110. The molecule has 1 fully saturated rings. The molecule has 174 valence electrons. The van der Waals surface area contributed by atoms with Crippen molar-refractivity contribution in [1.29, 1.82) is 0 Å². The maximum atomic E-state index is 12.5. The highest BCUT2D eigenvalue weighted by atomic mass is 16.5. The Hall–Kier alpha value is -3.63. The van der Waals surface area contributed by atoms with Crippen LogP contribution in [0.4, 0.5) is 5.69 Å². The average molecular weight is 453 g/mol. The minimum Gasteiger partial charge on any atom is -0.343 e. The highest BCUT2D eigenvalue weighted by Crippen LogP contribution is 2.34. The van der Waals surface area contributed by atoms with E-state index in [0.29, 0.717) is 29.6 Å². The number of benzene rings is 1. The Labute approximate surface area is 191 Å². The summed E-state index contributed by atoms with van der Waals surface area (Å²) in [7, 11) is 0. The number of anilines is 1. The molecule has 1 aliphatic carbocycles. The van der Waals surface area contributed by atoms with Crippen LogP contribution in [0.15, 0.2) is 28.8 Å². The molecular formula is C22H28N8O3. The topological polar surface area (TPSA) is 141 Å². The zero-order valence-electron chi connectivity index (χ0n) is 18.9. The van der Waals surface area contributed by atoms with Gasteiger partial charge in [0, 0.05) is 25.5 Å². The number of carbonyl (C=O) groups excluding carboxylic acids is 2. The van der Waals surface area contributed by atoms with Crippen molar-refractivity contribution < 1.29 is 14.1 Å². The molecule has 0 bridgehead atoms. The molecule has 0 radical (unpaired) electrons. The molecule has 11 nitrogen and oxygen atoms in total. The van der Waals surface area contributed by atoms with Gasteiger partial charge in [0.15, 0.2) is 11.6 Å². The van der Waals surface area contributed by atoms with Gasteiger partial charge in [-0.1, -0.05) is 36.9 Å². The van der Waals surface area contributed by atoms with Crippen molar-refractivity contribution in [2.24, 2.45) is 0 Å². The Kier molecular flexibility index (Phi) is 6.76. The molecule has 3 aromatic rings. The van der Waals surface area contributed by atoms with Crippen molar-refractivity contribution in [2.45, 2.75) is 70.8 Å². The molecule has 4 rings (SSSR count). The Balaban J connectivity index is 1.38. The summed E-state index contributed by atoms with van der Waals surface area (Å²) in [5.41, 5.74) is 0.798. The van der Waals surface area contributed by atoms with Crippen molar-refractivity contribution in [3.8, 4) is 5.69 Å². The van der Waals surface area contributed by atoms with Crippen LogP contribution < -0.4 is 10.6 Å². The van der Waals surface area contributed by atoms with Crippen molar-refractivity contribution in [3.63, 3.8) is 0 Å². The first-order valence-corrected chi connectivity index (χ1v) is 11.2. The van der Waals surface area contributed by atoms with E-state index < -0.39 is 5.54 Å². The lowest BCUT2D eigenvalue weighted by atomic mass is 9.89. The number of rotatable bonds is 7. The standard InChI is InChI=1S/C22H28N8O3/c1-15-26-28-29-30(15)18-9-7-8-17(14-18)23-19(32)10-11-20-24-21(27-33-20)22(25-16(2)31)12-5-3-4-6-13-22/h7-9,14H,3-6,10-13H2,1-2H3,(H,23,32)(H,25,31). The monoisotopic (exact) mass is 452 g/mol. The Morgan fingerprint density at radius 3 is 2.67 bits per heavy atom. The van der Waals surface area contributed by atoms with E-state index >= 15 is 0 Å². The smallest absolute Gasteiger partial charge is 0.227 e. The largest absolute Gasteiger partial charge is 0.343 e. The zero-order valence-corrected chi connectivity index (χ0v) is 18.9. The lowest BCUT2D eigenvalue weighted by Gasteiger charge is -2.30. The molecular weight excluding hydrogens is 424 g/mol. The highest BCUT2D eigenvalue weighted by Gasteiger charge is 2.38. The predicted octanol–water partition coefficient (Wildman–Crippen LogP) is 2.61. The molecule has 2 N–H and O–H groups in total. The van der Waals surface area contributed by atoms with E-state index in [0.717, 1.165) is 44.2 Å². The molecule has 11 heteroatoms. The third-order valence-corrected chi connectivity index (χ3v) is 5.83. The average Bonchev–Trinajstić information content (AvgIpc) is 3.37. The normalized spacial score (nSPS) is 15.6. The molecule has 1 aromatic carbocycles.